The smallest absolute Gasteiger partial charge is 0.224 e. The van der Waals surface area contributed by atoms with E-state index >= 15 is 0 Å². The van der Waals surface area contributed by atoms with Gasteiger partial charge in [-0.1, -0.05) is 31.4 Å². The summed E-state index contributed by atoms with van der Waals surface area (Å²) >= 11 is 0. The molecule has 3 N–H and O–H groups in total. The molecule has 0 bridgehead atoms. The van der Waals surface area contributed by atoms with Crippen LogP contribution in [0.1, 0.15) is 64.9 Å². The predicted octanol–water partition coefficient (Wildman–Crippen LogP) is 3.68. The Kier molecular flexibility index (Phi) is 7.21. The standard InChI is InChI=1S/C21H33N3O2/c1-16(2)24(17(3)25)14-18-7-9-19(10-8-18)23-20(26)13-21(15-22)11-5-4-6-12-21/h7-10,16H,4-6,11-15,22H2,1-3H3,(H,23,26). The molecule has 2 rings (SSSR count). The summed E-state index contributed by atoms with van der Waals surface area (Å²) in [4.78, 5) is 26.0. The molecule has 0 saturated heterocycles. The first-order valence-corrected chi connectivity index (χ1v) is 9.71. The monoisotopic (exact) mass is 359 g/mol. The number of hydrogen-bond acceptors (Lipinski definition) is 3. The lowest BCUT2D eigenvalue weighted by molar-refractivity contribution is -0.131. The molecular formula is C21H33N3O2. The van der Waals surface area contributed by atoms with Gasteiger partial charge < -0.3 is 16.0 Å². The minimum absolute atomic E-state index is 0.0263. The minimum Gasteiger partial charge on any atom is -0.336 e. The maximum absolute atomic E-state index is 12.5. The molecule has 0 unspecified atom stereocenters. The van der Waals surface area contributed by atoms with E-state index in [-0.39, 0.29) is 23.3 Å². The molecule has 0 aliphatic heterocycles. The van der Waals surface area contributed by atoms with Gasteiger partial charge in [-0.05, 0) is 56.3 Å². The van der Waals surface area contributed by atoms with Gasteiger partial charge in [-0.25, -0.2) is 0 Å². The zero-order chi connectivity index (χ0) is 19.2. The molecule has 5 nitrogen and oxygen atoms in total. The minimum atomic E-state index is -0.0263. The average molecular weight is 360 g/mol. The van der Waals surface area contributed by atoms with E-state index in [2.05, 4.69) is 5.32 Å². The van der Waals surface area contributed by atoms with Gasteiger partial charge in [0.05, 0.1) is 0 Å². The Morgan fingerprint density at radius 2 is 1.77 bits per heavy atom. The first kappa shape index (κ1) is 20.4. The number of carbonyl (C=O) groups is 2. The molecule has 1 fully saturated rings. The number of nitrogens with two attached hydrogens (primary N) is 1. The van der Waals surface area contributed by atoms with Crippen molar-refractivity contribution in [3.8, 4) is 0 Å². The Hall–Kier alpha value is -1.88. The molecule has 0 atom stereocenters. The van der Waals surface area contributed by atoms with Crippen molar-refractivity contribution in [1.82, 2.24) is 4.90 Å². The molecule has 1 aromatic carbocycles. The van der Waals surface area contributed by atoms with Crippen molar-refractivity contribution in [1.29, 1.82) is 0 Å². The van der Waals surface area contributed by atoms with Gasteiger partial charge in [0.2, 0.25) is 11.8 Å². The van der Waals surface area contributed by atoms with Crippen LogP contribution in [0.3, 0.4) is 0 Å². The molecule has 0 heterocycles. The molecule has 1 aliphatic rings. The van der Waals surface area contributed by atoms with E-state index in [0.717, 1.165) is 24.1 Å². The van der Waals surface area contributed by atoms with E-state index in [1.165, 1.54) is 19.3 Å². The number of nitrogens with one attached hydrogen (secondary N) is 1. The van der Waals surface area contributed by atoms with Crippen LogP contribution in [0.2, 0.25) is 0 Å². The normalized spacial score (nSPS) is 16.3. The summed E-state index contributed by atoms with van der Waals surface area (Å²) in [6.07, 6.45) is 6.18. The van der Waals surface area contributed by atoms with Crippen molar-refractivity contribution in [3.63, 3.8) is 0 Å². The lowest BCUT2D eigenvalue weighted by Gasteiger charge is -2.35. The fourth-order valence-corrected chi connectivity index (χ4v) is 3.85. The molecule has 1 aliphatic carbocycles. The van der Waals surface area contributed by atoms with E-state index < -0.39 is 0 Å². The zero-order valence-corrected chi connectivity index (χ0v) is 16.4. The fraction of sp³-hybridized carbons (Fsp3) is 0.619. The van der Waals surface area contributed by atoms with Gasteiger partial charge in [0, 0.05) is 31.6 Å². The molecule has 0 spiro atoms. The number of carbonyl (C=O) groups excluding carboxylic acids is 2. The molecular weight excluding hydrogens is 326 g/mol. The first-order valence-electron chi connectivity index (χ1n) is 9.71. The third kappa shape index (κ3) is 5.56. The van der Waals surface area contributed by atoms with Crippen LogP contribution in [-0.4, -0.2) is 29.3 Å². The van der Waals surface area contributed by atoms with Crippen LogP contribution in [0, 0.1) is 5.41 Å². The van der Waals surface area contributed by atoms with Crippen LogP contribution in [-0.2, 0) is 16.1 Å². The first-order chi connectivity index (χ1) is 12.3. The molecule has 144 valence electrons. The Morgan fingerprint density at radius 1 is 1.15 bits per heavy atom. The summed E-state index contributed by atoms with van der Waals surface area (Å²) < 4.78 is 0. The quantitative estimate of drug-likeness (QED) is 0.780. The van der Waals surface area contributed by atoms with E-state index in [1.54, 1.807) is 6.92 Å². The van der Waals surface area contributed by atoms with Gasteiger partial charge >= 0.3 is 0 Å². The molecule has 1 aromatic rings. The third-order valence-corrected chi connectivity index (χ3v) is 5.50. The van der Waals surface area contributed by atoms with Crippen LogP contribution in [0.25, 0.3) is 0 Å². The second-order valence-corrected chi connectivity index (χ2v) is 7.93. The van der Waals surface area contributed by atoms with E-state index in [4.69, 9.17) is 5.73 Å². The number of benzene rings is 1. The molecule has 1 saturated carbocycles. The molecule has 0 radical (unpaired) electrons. The van der Waals surface area contributed by atoms with Crippen molar-refractivity contribution in [2.45, 2.75) is 71.9 Å². The summed E-state index contributed by atoms with van der Waals surface area (Å²) in [7, 11) is 0. The number of rotatable bonds is 7. The van der Waals surface area contributed by atoms with Gasteiger partial charge in [-0.15, -0.1) is 0 Å². The van der Waals surface area contributed by atoms with E-state index in [0.29, 0.717) is 19.5 Å². The van der Waals surface area contributed by atoms with Crippen LogP contribution in [0.15, 0.2) is 24.3 Å². The Balaban J connectivity index is 1.93. The average Bonchev–Trinajstić information content (AvgIpc) is 2.61. The van der Waals surface area contributed by atoms with E-state index in [9.17, 15) is 9.59 Å². The zero-order valence-electron chi connectivity index (χ0n) is 16.4. The van der Waals surface area contributed by atoms with Crippen molar-refractivity contribution in [2.75, 3.05) is 11.9 Å². The largest absolute Gasteiger partial charge is 0.336 e. The van der Waals surface area contributed by atoms with E-state index in [1.807, 2.05) is 43.0 Å². The van der Waals surface area contributed by atoms with Crippen molar-refractivity contribution < 1.29 is 9.59 Å². The summed E-state index contributed by atoms with van der Waals surface area (Å²) in [5.74, 6) is 0.106. The van der Waals surface area contributed by atoms with Gasteiger partial charge in [-0.3, -0.25) is 9.59 Å². The molecule has 5 heteroatoms. The highest BCUT2D eigenvalue weighted by Crippen LogP contribution is 2.38. The van der Waals surface area contributed by atoms with Crippen LogP contribution in [0.4, 0.5) is 5.69 Å². The van der Waals surface area contributed by atoms with Crippen molar-refractivity contribution in [2.24, 2.45) is 11.1 Å². The van der Waals surface area contributed by atoms with Crippen LogP contribution in [0.5, 0.6) is 0 Å². The maximum atomic E-state index is 12.5. The van der Waals surface area contributed by atoms with Crippen molar-refractivity contribution in [3.05, 3.63) is 29.8 Å². The number of hydrogen-bond donors (Lipinski definition) is 2. The van der Waals surface area contributed by atoms with Gasteiger partial charge in [-0.2, -0.15) is 0 Å². The fourth-order valence-electron chi connectivity index (χ4n) is 3.85. The summed E-state index contributed by atoms with van der Waals surface area (Å²) in [5, 5.41) is 3.00. The predicted molar refractivity (Wildman–Crippen MR) is 106 cm³/mol. The number of anilines is 1. The van der Waals surface area contributed by atoms with Gasteiger partial charge in [0.1, 0.15) is 0 Å². The molecule has 0 aromatic heterocycles. The number of amides is 2. The summed E-state index contributed by atoms with van der Waals surface area (Å²) in [5.41, 5.74) is 7.80. The Bertz CT molecular complexity index is 604. The highest BCUT2D eigenvalue weighted by atomic mass is 16.2. The van der Waals surface area contributed by atoms with Crippen molar-refractivity contribution >= 4 is 17.5 Å². The second-order valence-electron chi connectivity index (χ2n) is 7.93. The topological polar surface area (TPSA) is 75.4 Å². The van der Waals surface area contributed by atoms with Gasteiger partial charge in [0.25, 0.3) is 0 Å². The molecule has 26 heavy (non-hydrogen) atoms. The highest BCUT2D eigenvalue weighted by Gasteiger charge is 2.32. The third-order valence-electron chi connectivity index (χ3n) is 5.50. The highest BCUT2D eigenvalue weighted by molar-refractivity contribution is 5.91. The summed E-state index contributed by atoms with van der Waals surface area (Å²) in [6.45, 7) is 6.77. The lowest BCUT2D eigenvalue weighted by atomic mass is 9.71. The molecule has 2 amide bonds. The lowest BCUT2D eigenvalue weighted by Crippen LogP contribution is -2.36. The Labute approximate surface area is 157 Å². The van der Waals surface area contributed by atoms with Crippen LogP contribution < -0.4 is 11.1 Å². The SMILES string of the molecule is CC(=O)N(Cc1ccc(NC(=O)CC2(CN)CCCCC2)cc1)C(C)C. The second kappa shape index (κ2) is 9.17. The maximum Gasteiger partial charge on any atom is 0.224 e. The Morgan fingerprint density at radius 3 is 2.27 bits per heavy atom. The van der Waals surface area contributed by atoms with Crippen LogP contribution >= 0.6 is 0 Å². The summed E-state index contributed by atoms with van der Waals surface area (Å²) in [6, 6.07) is 7.90. The van der Waals surface area contributed by atoms with Gasteiger partial charge in [0.15, 0.2) is 0 Å². The number of nitrogens with zero attached hydrogens (tertiary/aromatic N) is 1.